The van der Waals surface area contributed by atoms with Gasteiger partial charge in [-0.05, 0) is 48.6 Å². The number of unbranched alkanes of at least 4 members (excludes halogenated alkanes) is 1. The van der Waals surface area contributed by atoms with Crippen LogP contribution in [0.3, 0.4) is 0 Å². The van der Waals surface area contributed by atoms with E-state index < -0.39 is 0 Å². The highest BCUT2D eigenvalue weighted by Gasteiger charge is 2.07. The summed E-state index contributed by atoms with van der Waals surface area (Å²) in [6, 6.07) is 10.5. The Hall–Kier alpha value is -2.34. The summed E-state index contributed by atoms with van der Waals surface area (Å²) in [5, 5.41) is 7.57. The van der Waals surface area contributed by atoms with Gasteiger partial charge in [0.15, 0.2) is 0 Å². The Bertz CT molecular complexity index is 639. The third-order valence-electron chi connectivity index (χ3n) is 3.35. The molecule has 0 fully saturated rings. The Morgan fingerprint density at radius 3 is 2.62 bits per heavy atom. The van der Waals surface area contributed by atoms with Crippen molar-refractivity contribution in [3.8, 4) is 0 Å². The second-order valence-electron chi connectivity index (χ2n) is 5.28. The molecular formula is C18H22N2O3S. The van der Waals surface area contributed by atoms with Crippen LogP contribution in [0.25, 0.3) is 0 Å². The third-order valence-corrected chi connectivity index (χ3v) is 4.28. The second kappa shape index (κ2) is 9.72. The van der Waals surface area contributed by atoms with Gasteiger partial charge < -0.3 is 15.4 Å². The molecule has 5 nitrogen and oxygen atoms in total. The van der Waals surface area contributed by atoms with E-state index >= 15 is 0 Å². The average Bonchev–Trinajstić information content (AvgIpc) is 3.09. The summed E-state index contributed by atoms with van der Waals surface area (Å²) in [6.07, 6.45) is 2.66. The Balaban J connectivity index is 1.74. The Morgan fingerprint density at radius 1 is 1.17 bits per heavy atom. The summed E-state index contributed by atoms with van der Waals surface area (Å²) < 4.78 is 5.14. The van der Waals surface area contributed by atoms with Gasteiger partial charge in [-0.1, -0.05) is 19.4 Å². The van der Waals surface area contributed by atoms with E-state index in [1.54, 1.807) is 35.6 Å². The standard InChI is InChI=1S/C18H22N2O3S/c1-2-3-12-23-17(21)14-6-8-15(9-7-14)20-18(22)19-11-10-16-5-4-13-24-16/h4-9,13H,2-3,10-12H2,1H3,(H2,19,20,22). The molecule has 0 radical (unpaired) electrons. The van der Waals surface area contributed by atoms with Gasteiger partial charge in [0.25, 0.3) is 0 Å². The van der Waals surface area contributed by atoms with Crippen molar-refractivity contribution in [1.82, 2.24) is 5.32 Å². The number of esters is 1. The van der Waals surface area contributed by atoms with Gasteiger partial charge in [0, 0.05) is 17.1 Å². The van der Waals surface area contributed by atoms with Gasteiger partial charge in [-0.25, -0.2) is 9.59 Å². The van der Waals surface area contributed by atoms with E-state index in [1.807, 2.05) is 24.4 Å². The summed E-state index contributed by atoms with van der Waals surface area (Å²) in [5.74, 6) is -0.338. The van der Waals surface area contributed by atoms with Crippen LogP contribution in [0.15, 0.2) is 41.8 Å². The monoisotopic (exact) mass is 346 g/mol. The topological polar surface area (TPSA) is 67.4 Å². The summed E-state index contributed by atoms with van der Waals surface area (Å²) >= 11 is 1.67. The molecule has 0 aliphatic heterocycles. The largest absolute Gasteiger partial charge is 0.462 e. The van der Waals surface area contributed by atoms with Crippen molar-refractivity contribution in [2.24, 2.45) is 0 Å². The van der Waals surface area contributed by atoms with Crippen LogP contribution in [0, 0.1) is 0 Å². The predicted octanol–water partition coefficient (Wildman–Crippen LogP) is 4.07. The lowest BCUT2D eigenvalue weighted by atomic mass is 10.2. The smallest absolute Gasteiger partial charge is 0.338 e. The lowest BCUT2D eigenvalue weighted by molar-refractivity contribution is 0.0500. The lowest BCUT2D eigenvalue weighted by Gasteiger charge is -2.08. The summed E-state index contributed by atoms with van der Waals surface area (Å²) in [5.41, 5.74) is 1.11. The van der Waals surface area contributed by atoms with Crippen molar-refractivity contribution in [2.75, 3.05) is 18.5 Å². The third kappa shape index (κ3) is 6.04. The molecule has 6 heteroatoms. The first-order valence-corrected chi connectivity index (χ1v) is 8.91. The maximum Gasteiger partial charge on any atom is 0.338 e. The SMILES string of the molecule is CCCCOC(=O)c1ccc(NC(=O)NCCc2cccs2)cc1. The molecule has 2 N–H and O–H groups in total. The molecule has 0 aliphatic carbocycles. The van der Waals surface area contributed by atoms with Gasteiger partial charge in [0.05, 0.1) is 12.2 Å². The first kappa shape index (κ1) is 18.0. The molecule has 24 heavy (non-hydrogen) atoms. The van der Waals surface area contributed by atoms with E-state index in [-0.39, 0.29) is 12.0 Å². The lowest BCUT2D eigenvalue weighted by Crippen LogP contribution is -2.30. The van der Waals surface area contributed by atoms with Crippen LogP contribution in [-0.2, 0) is 11.2 Å². The molecule has 0 unspecified atom stereocenters. The summed E-state index contributed by atoms with van der Waals surface area (Å²) in [7, 11) is 0. The molecule has 0 aliphatic rings. The van der Waals surface area contributed by atoms with E-state index in [0.29, 0.717) is 24.4 Å². The molecule has 0 atom stereocenters. The van der Waals surface area contributed by atoms with Crippen molar-refractivity contribution in [3.05, 3.63) is 52.2 Å². The molecule has 0 saturated heterocycles. The number of nitrogens with one attached hydrogen (secondary N) is 2. The number of benzene rings is 1. The minimum Gasteiger partial charge on any atom is -0.462 e. The van der Waals surface area contributed by atoms with Gasteiger partial charge in [-0.15, -0.1) is 11.3 Å². The molecule has 1 aromatic carbocycles. The average molecular weight is 346 g/mol. The van der Waals surface area contributed by atoms with Gasteiger partial charge in [-0.3, -0.25) is 0 Å². The van der Waals surface area contributed by atoms with E-state index in [9.17, 15) is 9.59 Å². The van der Waals surface area contributed by atoms with Crippen molar-refractivity contribution >= 4 is 29.0 Å². The number of rotatable bonds is 8. The number of carbonyl (C=O) groups is 2. The van der Waals surface area contributed by atoms with Crippen molar-refractivity contribution in [3.63, 3.8) is 0 Å². The van der Waals surface area contributed by atoms with Crippen LogP contribution in [0.5, 0.6) is 0 Å². The highest BCUT2D eigenvalue weighted by molar-refractivity contribution is 7.09. The fourth-order valence-corrected chi connectivity index (χ4v) is 2.72. The molecule has 1 heterocycles. The Morgan fingerprint density at radius 2 is 1.96 bits per heavy atom. The number of thiophene rings is 1. The van der Waals surface area contributed by atoms with Crippen LogP contribution in [0.1, 0.15) is 35.0 Å². The zero-order valence-corrected chi connectivity index (χ0v) is 14.5. The molecule has 2 amide bonds. The fraction of sp³-hybridized carbons (Fsp3) is 0.333. The molecule has 0 saturated carbocycles. The van der Waals surface area contributed by atoms with Crippen LogP contribution in [0.4, 0.5) is 10.5 Å². The maximum absolute atomic E-state index is 11.8. The minimum atomic E-state index is -0.338. The zero-order valence-electron chi connectivity index (χ0n) is 13.7. The van der Waals surface area contributed by atoms with Crippen LogP contribution in [-0.4, -0.2) is 25.2 Å². The fourth-order valence-electron chi connectivity index (χ4n) is 2.01. The van der Waals surface area contributed by atoms with Gasteiger partial charge >= 0.3 is 12.0 Å². The number of ether oxygens (including phenoxy) is 1. The number of anilines is 1. The van der Waals surface area contributed by atoms with Crippen molar-refractivity contribution < 1.29 is 14.3 Å². The number of hydrogen-bond donors (Lipinski definition) is 2. The van der Waals surface area contributed by atoms with Crippen molar-refractivity contribution in [1.29, 1.82) is 0 Å². The Kier molecular flexibility index (Phi) is 7.29. The molecule has 1 aromatic heterocycles. The first-order chi connectivity index (χ1) is 11.7. The highest BCUT2D eigenvalue weighted by Crippen LogP contribution is 2.11. The number of hydrogen-bond acceptors (Lipinski definition) is 4. The van der Waals surface area contributed by atoms with Crippen LogP contribution >= 0.6 is 11.3 Å². The van der Waals surface area contributed by atoms with E-state index in [2.05, 4.69) is 10.6 Å². The second-order valence-corrected chi connectivity index (χ2v) is 6.31. The predicted molar refractivity (Wildman–Crippen MR) is 96.7 cm³/mol. The van der Waals surface area contributed by atoms with Gasteiger partial charge in [-0.2, -0.15) is 0 Å². The maximum atomic E-state index is 11.8. The molecule has 0 spiro atoms. The number of carbonyl (C=O) groups excluding carboxylic acids is 2. The van der Waals surface area contributed by atoms with Crippen molar-refractivity contribution in [2.45, 2.75) is 26.2 Å². The van der Waals surface area contributed by atoms with E-state index in [0.717, 1.165) is 19.3 Å². The molecule has 2 aromatic rings. The summed E-state index contributed by atoms with van der Waals surface area (Å²) in [6.45, 7) is 3.05. The van der Waals surface area contributed by atoms with E-state index in [1.165, 1.54) is 4.88 Å². The molecule has 128 valence electrons. The normalized spacial score (nSPS) is 10.2. The number of urea groups is 1. The highest BCUT2D eigenvalue weighted by atomic mass is 32.1. The first-order valence-electron chi connectivity index (χ1n) is 8.03. The quantitative estimate of drug-likeness (QED) is 0.559. The Labute approximate surface area is 146 Å². The van der Waals surface area contributed by atoms with Crippen LogP contribution in [0.2, 0.25) is 0 Å². The van der Waals surface area contributed by atoms with Gasteiger partial charge in [0.1, 0.15) is 0 Å². The van der Waals surface area contributed by atoms with E-state index in [4.69, 9.17) is 4.74 Å². The number of amides is 2. The molecule has 0 bridgehead atoms. The van der Waals surface area contributed by atoms with Gasteiger partial charge in [0.2, 0.25) is 0 Å². The molecule has 2 rings (SSSR count). The minimum absolute atomic E-state index is 0.259. The zero-order chi connectivity index (χ0) is 17.2. The molecular weight excluding hydrogens is 324 g/mol. The summed E-state index contributed by atoms with van der Waals surface area (Å²) in [4.78, 5) is 24.8. The van der Waals surface area contributed by atoms with Crippen LogP contribution < -0.4 is 10.6 Å².